The summed E-state index contributed by atoms with van der Waals surface area (Å²) in [5.41, 5.74) is 6.43. The van der Waals surface area contributed by atoms with Crippen LogP contribution in [0.4, 0.5) is 0 Å². The second kappa shape index (κ2) is 3.17. The van der Waals surface area contributed by atoms with Crippen molar-refractivity contribution in [2.24, 2.45) is 5.73 Å². The highest BCUT2D eigenvalue weighted by Crippen LogP contribution is 2.10. The molecule has 3 nitrogen and oxygen atoms in total. The number of aryl methyl sites for hydroxylation is 1. The van der Waals surface area contributed by atoms with Gasteiger partial charge in [-0.25, -0.2) is 4.98 Å². The molecular weight excluding hydrogens is 255 g/mol. The van der Waals surface area contributed by atoms with Crippen LogP contribution in [0.15, 0.2) is 12.3 Å². The van der Waals surface area contributed by atoms with Gasteiger partial charge in [0.15, 0.2) is 0 Å². The number of nitrogens with zero attached hydrogens (tertiary/aromatic N) is 1. The van der Waals surface area contributed by atoms with E-state index in [1.54, 1.807) is 6.20 Å². The number of carbonyl (C=O) groups is 1. The third kappa shape index (κ3) is 1.89. The van der Waals surface area contributed by atoms with Crippen LogP contribution in [0.2, 0.25) is 0 Å². The first kappa shape index (κ1) is 8.45. The SMILES string of the molecule is Cc1cnc(C(N)=O)c(I)c1. The zero-order valence-electron chi connectivity index (χ0n) is 5.97. The fourth-order valence-electron chi connectivity index (χ4n) is 0.715. The van der Waals surface area contributed by atoms with E-state index in [9.17, 15) is 4.79 Å². The first-order valence-electron chi connectivity index (χ1n) is 3.03. The van der Waals surface area contributed by atoms with Crippen molar-refractivity contribution in [2.75, 3.05) is 0 Å². The maximum absolute atomic E-state index is 10.7. The summed E-state index contributed by atoms with van der Waals surface area (Å²) in [7, 11) is 0. The molecule has 0 aromatic carbocycles. The van der Waals surface area contributed by atoms with Crippen LogP contribution in [-0.2, 0) is 0 Å². The lowest BCUT2D eigenvalue weighted by atomic mass is 10.3. The van der Waals surface area contributed by atoms with Gasteiger partial charge in [-0.15, -0.1) is 0 Å². The molecular formula is C7H7IN2O. The summed E-state index contributed by atoms with van der Waals surface area (Å²) in [6.45, 7) is 1.92. The molecule has 0 saturated carbocycles. The minimum absolute atomic E-state index is 0.344. The van der Waals surface area contributed by atoms with Crippen molar-refractivity contribution in [3.63, 3.8) is 0 Å². The number of carbonyl (C=O) groups excluding carboxylic acids is 1. The van der Waals surface area contributed by atoms with E-state index in [0.29, 0.717) is 5.69 Å². The van der Waals surface area contributed by atoms with Gasteiger partial charge in [0, 0.05) is 9.77 Å². The highest BCUT2D eigenvalue weighted by Gasteiger charge is 2.06. The second-order valence-corrected chi connectivity index (χ2v) is 3.37. The summed E-state index contributed by atoms with van der Waals surface area (Å²) in [6.07, 6.45) is 1.63. The summed E-state index contributed by atoms with van der Waals surface area (Å²) < 4.78 is 0.801. The van der Waals surface area contributed by atoms with Gasteiger partial charge in [-0.1, -0.05) is 0 Å². The van der Waals surface area contributed by atoms with Crippen molar-refractivity contribution in [3.8, 4) is 0 Å². The Morgan fingerprint density at radius 3 is 2.82 bits per heavy atom. The van der Waals surface area contributed by atoms with Gasteiger partial charge in [-0.2, -0.15) is 0 Å². The Morgan fingerprint density at radius 1 is 1.73 bits per heavy atom. The van der Waals surface area contributed by atoms with Crippen molar-refractivity contribution in [2.45, 2.75) is 6.92 Å². The monoisotopic (exact) mass is 262 g/mol. The molecule has 0 aliphatic heterocycles. The van der Waals surface area contributed by atoms with Gasteiger partial charge in [-0.05, 0) is 41.1 Å². The minimum Gasteiger partial charge on any atom is -0.364 e. The van der Waals surface area contributed by atoms with E-state index < -0.39 is 5.91 Å². The topological polar surface area (TPSA) is 56.0 Å². The maximum Gasteiger partial charge on any atom is 0.268 e. The Labute approximate surface area is 78.1 Å². The lowest BCUT2D eigenvalue weighted by Gasteiger charge is -1.98. The molecule has 0 saturated heterocycles. The maximum atomic E-state index is 10.7. The van der Waals surface area contributed by atoms with Crippen molar-refractivity contribution in [1.29, 1.82) is 0 Å². The Hall–Kier alpha value is -0.650. The summed E-state index contributed by atoms with van der Waals surface area (Å²) in [6, 6.07) is 1.87. The van der Waals surface area contributed by atoms with Gasteiger partial charge in [0.05, 0.1) is 0 Å². The van der Waals surface area contributed by atoms with E-state index in [0.717, 1.165) is 9.13 Å². The molecule has 1 heterocycles. The molecule has 0 bridgehead atoms. The molecule has 0 aliphatic rings. The van der Waals surface area contributed by atoms with E-state index >= 15 is 0 Å². The molecule has 0 spiro atoms. The molecule has 0 atom stereocenters. The van der Waals surface area contributed by atoms with Crippen LogP contribution in [0.1, 0.15) is 16.1 Å². The Bertz CT molecular complexity index is 298. The molecule has 0 radical (unpaired) electrons. The fourth-order valence-corrected chi connectivity index (χ4v) is 1.61. The van der Waals surface area contributed by atoms with Gasteiger partial charge in [0.1, 0.15) is 5.69 Å². The van der Waals surface area contributed by atoms with E-state index in [1.165, 1.54) is 0 Å². The Balaban J connectivity index is 3.20. The molecule has 1 rings (SSSR count). The summed E-state index contributed by atoms with van der Waals surface area (Å²) in [5.74, 6) is -0.477. The molecule has 1 aromatic heterocycles. The summed E-state index contributed by atoms with van der Waals surface area (Å²) >= 11 is 2.04. The Kier molecular flexibility index (Phi) is 2.43. The van der Waals surface area contributed by atoms with Crippen molar-refractivity contribution in [1.82, 2.24) is 4.98 Å². The third-order valence-corrected chi connectivity index (χ3v) is 2.03. The van der Waals surface area contributed by atoms with Gasteiger partial charge in [0.2, 0.25) is 0 Å². The zero-order chi connectivity index (χ0) is 8.43. The first-order chi connectivity index (χ1) is 5.11. The molecule has 0 aliphatic carbocycles. The number of halogens is 1. The van der Waals surface area contributed by atoms with Crippen molar-refractivity contribution in [3.05, 3.63) is 27.1 Å². The van der Waals surface area contributed by atoms with Gasteiger partial charge >= 0.3 is 0 Å². The van der Waals surface area contributed by atoms with Crippen LogP contribution in [-0.4, -0.2) is 10.9 Å². The van der Waals surface area contributed by atoms with Crippen LogP contribution < -0.4 is 5.73 Å². The predicted octanol–water partition coefficient (Wildman–Crippen LogP) is 1.09. The van der Waals surface area contributed by atoms with Crippen LogP contribution in [0, 0.1) is 10.5 Å². The minimum atomic E-state index is -0.477. The highest BCUT2D eigenvalue weighted by atomic mass is 127. The number of hydrogen-bond donors (Lipinski definition) is 1. The number of amides is 1. The second-order valence-electron chi connectivity index (χ2n) is 2.21. The summed E-state index contributed by atoms with van der Waals surface area (Å²) in [5, 5.41) is 0. The van der Waals surface area contributed by atoms with Gasteiger partial charge in [0.25, 0.3) is 5.91 Å². The van der Waals surface area contributed by atoms with E-state index in [2.05, 4.69) is 4.98 Å². The standard InChI is InChI=1S/C7H7IN2O/c1-4-2-5(8)6(7(9)11)10-3-4/h2-3H,1H3,(H2,9,11). The van der Waals surface area contributed by atoms with Crippen molar-refractivity contribution >= 4 is 28.5 Å². The molecule has 4 heteroatoms. The van der Waals surface area contributed by atoms with Crippen LogP contribution in [0.5, 0.6) is 0 Å². The van der Waals surface area contributed by atoms with Crippen LogP contribution in [0.25, 0.3) is 0 Å². The Morgan fingerprint density at radius 2 is 2.36 bits per heavy atom. The predicted molar refractivity (Wildman–Crippen MR) is 50.2 cm³/mol. The van der Waals surface area contributed by atoms with Gasteiger partial charge in [-0.3, -0.25) is 4.79 Å². The summed E-state index contributed by atoms with van der Waals surface area (Å²) in [4.78, 5) is 14.6. The number of nitrogens with two attached hydrogens (primary N) is 1. The van der Waals surface area contributed by atoms with Crippen molar-refractivity contribution < 1.29 is 4.79 Å². The van der Waals surface area contributed by atoms with Gasteiger partial charge < -0.3 is 5.73 Å². The molecule has 1 amide bonds. The number of pyridine rings is 1. The average molecular weight is 262 g/mol. The normalized spacial score (nSPS) is 9.64. The molecule has 2 N–H and O–H groups in total. The number of rotatable bonds is 1. The van der Waals surface area contributed by atoms with E-state index in [-0.39, 0.29) is 0 Å². The lowest BCUT2D eigenvalue weighted by molar-refractivity contribution is 0.0994. The lowest BCUT2D eigenvalue weighted by Crippen LogP contribution is -2.14. The number of hydrogen-bond acceptors (Lipinski definition) is 2. The fraction of sp³-hybridized carbons (Fsp3) is 0.143. The first-order valence-corrected chi connectivity index (χ1v) is 4.11. The molecule has 58 valence electrons. The largest absolute Gasteiger partial charge is 0.364 e. The molecule has 0 fully saturated rings. The zero-order valence-corrected chi connectivity index (χ0v) is 8.12. The highest BCUT2D eigenvalue weighted by molar-refractivity contribution is 14.1. The van der Waals surface area contributed by atoms with Crippen LogP contribution >= 0.6 is 22.6 Å². The van der Waals surface area contributed by atoms with E-state index in [4.69, 9.17) is 5.73 Å². The average Bonchev–Trinajstić information content (AvgIpc) is 1.85. The van der Waals surface area contributed by atoms with Crippen LogP contribution in [0.3, 0.4) is 0 Å². The number of aromatic nitrogens is 1. The molecule has 11 heavy (non-hydrogen) atoms. The quantitative estimate of drug-likeness (QED) is 0.770. The third-order valence-electron chi connectivity index (χ3n) is 1.21. The molecule has 1 aromatic rings. The smallest absolute Gasteiger partial charge is 0.268 e. The molecule has 0 unspecified atom stereocenters. The van der Waals surface area contributed by atoms with E-state index in [1.807, 2.05) is 35.6 Å². The number of primary amides is 1.